The number of nitrogens with two attached hydrogens (primary N) is 1. The third-order valence-electron chi connectivity index (χ3n) is 2.92. The van der Waals surface area contributed by atoms with Gasteiger partial charge in [-0.2, -0.15) is 0 Å². The summed E-state index contributed by atoms with van der Waals surface area (Å²) in [6.45, 7) is 1.90. The van der Waals surface area contributed by atoms with Gasteiger partial charge in [0.15, 0.2) is 0 Å². The molecule has 21 heavy (non-hydrogen) atoms. The molecule has 0 aliphatic rings. The Morgan fingerprint density at radius 3 is 2.29 bits per heavy atom. The predicted octanol–water partition coefficient (Wildman–Crippen LogP) is 0.766. The number of carboxylic acid groups (broad SMARTS) is 1. The molecule has 0 heterocycles. The summed E-state index contributed by atoms with van der Waals surface area (Å²) in [6.07, 6.45) is 0.190. The van der Waals surface area contributed by atoms with Crippen molar-refractivity contribution in [3.05, 3.63) is 35.9 Å². The van der Waals surface area contributed by atoms with E-state index in [2.05, 4.69) is 10.6 Å². The molecule has 1 aromatic rings. The van der Waals surface area contributed by atoms with Crippen molar-refractivity contribution < 1.29 is 19.5 Å². The minimum Gasteiger partial charge on any atom is -0.480 e. The van der Waals surface area contributed by atoms with E-state index < -0.39 is 30.4 Å². The standard InChI is InChI=1S/C14H19N3O4/c1-2-10(9-6-4-3-5-7-9)16-14(21)17-11(13(19)20)8-12(15)18/h3-7,10-11H,2,8H2,1H3,(H2,15,18)(H,19,20)(H2,16,17,21)/t10?,11-/m0/s1. The maximum atomic E-state index is 11.8. The maximum Gasteiger partial charge on any atom is 0.326 e. The summed E-state index contributed by atoms with van der Waals surface area (Å²) in [5.41, 5.74) is 5.87. The van der Waals surface area contributed by atoms with Crippen molar-refractivity contribution in [3.63, 3.8) is 0 Å². The highest BCUT2D eigenvalue weighted by molar-refractivity contribution is 5.87. The van der Waals surface area contributed by atoms with Gasteiger partial charge < -0.3 is 21.5 Å². The van der Waals surface area contributed by atoms with Crippen molar-refractivity contribution in [1.29, 1.82) is 0 Å². The monoisotopic (exact) mass is 293 g/mol. The zero-order valence-corrected chi connectivity index (χ0v) is 11.7. The first-order valence-corrected chi connectivity index (χ1v) is 6.57. The molecule has 0 saturated heterocycles. The van der Waals surface area contributed by atoms with E-state index in [1.165, 1.54) is 0 Å². The lowest BCUT2D eigenvalue weighted by Gasteiger charge is -2.20. The van der Waals surface area contributed by atoms with Crippen LogP contribution in [-0.2, 0) is 9.59 Å². The molecule has 0 spiro atoms. The van der Waals surface area contributed by atoms with Crippen molar-refractivity contribution in [2.45, 2.75) is 31.8 Å². The van der Waals surface area contributed by atoms with Crippen LogP contribution >= 0.6 is 0 Å². The van der Waals surface area contributed by atoms with Crippen molar-refractivity contribution in [3.8, 4) is 0 Å². The molecular weight excluding hydrogens is 274 g/mol. The van der Waals surface area contributed by atoms with Crippen molar-refractivity contribution in [2.75, 3.05) is 0 Å². The van der Waals surface area contributed by atoms with E-state index in [0.29, 0.717) is 6.42 Å². The van der Waals surface area contributed by atoms with Crippen molar-refractivity contribution in [2.24, 2.45) is 5.73 Å². The number of carbonyl (C=O) groups excluding carboxylic acids is 2. The molecule has 114 valence electrons. The number of hydrogen-bond donors (Lipinski definition) is 4. The molecule has 1 aromatic carbocycles. The Labute approximate surface area is 122 Å². The summed E-state index contributed by atoms with van der Waals surface area (Å²) in [6, 6.07) is 7.07. The van der Waals surface area contributed by atoms with Crippen molar-refractivity contribution >= 4 is 17.9 Å². The Morgan fingerprint density at radius 2 is 1.81 bits per heavy atom. The fourth-order valence-electron chi connectivity index (χ4n) is 1.87. The molecule has 1 unspecified atom stereocenters. The van der Waals surface area contributed by atoms with Gasteiger partial charge in [-0.15, -0.1) is 0 Å². The van der Waals surface area contributed by atoms with E-state index in [-0.39, 0.29) is 6.04 Å². The number of aliphatic carboxylic acids is 1. The largest absolute Gasteiger partial charge is 0.480 e. The molecule has 0 aliphatic carbocycles. The molecule has 7 nitrogen and oxygen atoms in total. The lowest BCUT2D eigenvalue weighted by atomic mass is 10.1. The summed E-state index contributed by atoms with van der Waals surface area (Å²) >= 11 is 0. The van der Waals surface area contributed by atoms with Crippen molar-refractivity contribution in [1.82, 2.24) is 10.6 Å². The normalized spacial score (nSPS) is 13.0. The SMILES string of the molecule is CCC(NC(=O)N[C@@H](CC(N)=O)C(=O)O)c1ccccc1. The van der Waals surface area contributed by atoms with Gasteiger partial charge in [0, 0.05) is 0 Å². The van der Waals surface area contributed by atoms with E-state index in [1.807, 2.05) is 37.3 Å². The van der Waals surface area contributed by atoms with E-state index in [0.717, 1.165) is 5.56 Å². The van der Waals surface area contributed by atoms with Gasteiger partial charge in [-0.25, -0.2) is 9.59 Å². The average Bonchev–Trinajstić information content (AvgIpc) is 2.44. The van der Waals surface area contributed by atoms with Crippen LogP contribution in [0.2, 0.25) is 0 Å². The van der Waals surface area contributed by atoms with Crippen LogP contribution in [0, 0.1) is 0 Å². The number of urea groups is 1. The summed E-state index contributed by atoms with van der Waals surface area (Å²) in [7, 11) is 0. The van der Waals surface area contributed by atoms with E-state index >= 15 is 0 Å². The van der Waals surface area contributed by atoms with Gasteiger partial charge in [-0.05, 0) is 12.0 Å². The number of amides is 3. The molecule has 0 aliphatic heterocycles. The van der Waals surface area contributed by atoms with Crippen LogP contribution < -0.4 is 16.4 Å². The lowest BCUT2D eigenvalue weighted by molar-refractivity contribution is -0.140. The number of carboxylic acids is 1. The Morgan fingerprint density at radius 1 is 1.19 bits per heavy atom. The Kier molecular flexibility index (Phi) is 6.19. The summed E-state index contributed by atoms with van der Waals surface area (Å²) in [4.78, 5) is 33.6. The van der Waals surface area contributed by atoms with Crippen LogP contribution in [0.1, 0.15) is 31.4 Å². The molecule has 3 amide bonds. The van der Waals surface area contributed by atoms with E-state index in [4.69, 9.17) is 10.8 Å². The molecule has 0 saturated carbocycles. The van der Waals surface area contributed by atoms with Gasteiger partial charge in [0.2, 0.25) is 5.91 Å². The summed E-state index contributed by atoms with van der Waals surface area (Å²) < 4.78 is 0. The molecule has 0 aromatic heterocycles. The Hall–Kier alpha value is -2.57. The van der Waals surface area contributed by atoms with E-state index in [9.17, 15) is 14.4 Å². The molecule has 0 bridgehead atoms. The number of primary amides is 1. The minimum absolute atomic E-state index is 0.241. The second kappa shape index (κ2) is 7.88. The lowest BCUT2D eigenvalue weighted by Crippen LogP contribution is -2.48. The molecular formula is C14H19N3O4. The number of benzene rings is 1. The first-order valence-electron chi connectivity index (χ1n) is 6.57. The minimum atomic E-state index is -1.34. The highest BCUT2D eigenvalue weighted by atomic mass is 16.4. The average molecular weight is 293 g/mol. The molecule has 7 heteroatoms. The van der Waals surface area contributed by atoms with Gasteiger partial charge in [-0.1, -0.05) is 37.3 Å². The number of carbonyl (C=O) groups is 3. The van der Waals surface area contributed by atoms with Crippen LogP contribution in [0.3, 0.4) is 0 Å². The molecule has 0 radical (unpaired) electrons. The second-order valence-corrected chi connectivity index (χ2v) is 4.55. The third kappa shape index (κ3) is 5.52. The number of nitrogens with one attached hydrogen (secondary N) is 2. The van der Waals surface area contributed by atoms with Gasteiger partial charge in [-0.3, -0.25) is 4.79 Å². The Bertz CT molecular complexity index is 504. The van der Waals surface area contributed by atoms with Crippen LogP contribution in [-0.4, -0.2) is 29.1 Å². The van der Waals surface area contributed by atoms with Gasteiger partial charge in [0.05, 0.1) is 12.5 Å². The van der Waals surface area contributed by atoms with E-state index in [1.54, 1.807) is 0 Å². The maximum absolute atomic E-state index is 11.8. The fraction of sp³-hybridized carbons (Fsp3) is 0.357. The number of hydrogen-bond acceptors (Lipinski definition) is 3. The van der Waals surface area contributed by atoms with Gasteiger partial charge in [0.25, 0.3) is 0 Å². The smallest absolute Gasteiger partial charge is 0.326 e. The van der Waals surface area contributed by atoms with Crippen LogP contribution in [0.5, 0.6) is 0 Å². The molecule has 2 atom stereocenters. The highest BCUT2D eigenvalue weighted by Crippen LogP contribution is 2.15. The number of rotatable bonds is 7. The van der Waals surface area contributed by atoms with Gasteiger partial charge in [0.1, 0.15) is 6.04 Å². The second-order valence-electron chi connectivity index (χ2n) is 4.55. The predicted molar refractivity (Wildman–Crippen MR) is 76.4 cm³/mol. The summed E-state index contributed by atoms with van der Waals surface area (Å²) in [5, 5.41) is 13.8. The molecule has 5 N–H and O–H groups in total. The van der Waals surface area contributed by atoms with Crippen LogP contribution in [0.25, 0.3) is 0 Å². The third-order valence-corrected chi connectivity index (χ3v) is 2.92. The first-order chi connectivity index (χ1) is 9.93. The fourth-order valence-corrected chi connectivity index (χ4v) is 1.87. The topological polar surface area (TPSA) is 122 Å². The van der Waals surface area contributed by atoms with Crippen LogP contribution in [0.15, 0.2) is 30.3 Å². The first kappa shape index (κ1) is 16.5. The quantitative estimate of drug-likeness (QED) is 0.593. The molecule has 1 rings (SSSR count). The Balaban J connectivity index is 2.66. The highest BCUT2D eigenvalue weighted by Gasteiger charge is 2.23. The molecule has 0 fully saturated rings. The zero-order chi connectivity index (χ0) is 15.8. The zero-order valence-electron chi connectivity index (χ0n) is 11.7. The van der Waals surface area contributed by atoms with Crippen LogP contribution in [0.4, 0.5) is 4.79 Å². The summed E-state index contributed by atoms with van der Waals surface area (Å²) in [5.74, 6) is -2.10. The van der Waals surface area contributed by atoms with Gasteiger partial charge >= 0.3 is 12.0 Å².